The zero-order valence-corrected chi connectivity index (χ0v) is 11.1. The van der Waals surface area contributed by atoms with E-state index in [0.717, 1.165) is 12.3 Å². The molecule has 0 aliphatic heterocycles. The van der Waals surface area contributed by atoms with E-state index in [4.69, 9.17) is 4.74 Å². The van der Waals surface area contributed by atoms with Gasteiger partial charge in [0.1, 0.15) is 0 Å². The second kappa shape index (κ2) is 8.48. The van der Waals surface area contributed by atoms with E-state index in [1.165, 1.54) is 25.7 Å². The van der Waals surface area contributed by atoms with Crippen LogP contribution in [0.1, 0.15) is 39.0 Å². The van der Waals surface area contributed by atoms with Crippen molar-refractivity contribution in [3.05, 3.63) is 0 Å². The van der Waals surface area contributed by atoms with E-state index in [9.17, 15) is 4.79 Å². The van der Waals surface area contributed by atoms with E-state index in [1.807, 2.05) is 0 Å². The van der Waals surface area contributed by atoms with Crippen LogP contribution in [0, 0.1) is 5.92 Å². The average molecular weight is 242 g/mol. The van der Waals surface area contributed by atoms with Gasteiger partial charge in [-0.15, -0.1) is 0 Å². The summed E-state index contributed by atoms with van der Waals surface area (Å²) in [6.07, 6.45) is 6.19. The van der Waals surface area contributed by atoms with Crippen LogP contribution in [0.25, 0.3) is 0 Å². The molecule has 1 aliphatic rings. The molecule has 1 amide bonds. The summed E-state index contributed by atoms with van der Waals surface area (Å²) in [7, 11) is 1.67. The van der Waals surface area contributed by atoms with E-state index in [-0.39, 0.29) is 5.91 Å². The lowest BCUT2D eigenvalue weighted by Gasteiger charge is -2.20. The maximum atomic E-state index is 11.5. The predicted octanol–water partition coefficient (Wildman–Crippen LogP) is 1.31. The molecule has 1 saturated carbocycles. The second-order valence-electron chi connectivity index (χ2n) is 4.91. The van der Waals surface area contributed by atoms with Crippen LogP contribution in [0.2, 0.25) is 0 Å². The number of carbonyl (C=O) groups is 1. The maximum Gasteiger partial charge on any atom is 0.233 e. The summed E-state index contributed by atoms with van der Waals surface area (Å²) in [6, 6.07) is 0.460. The minimum Gasteiger partial charge on any atom is -0.385 e. The minimum atomic E-state index is 0.0888. The summed E-state index contributed by atoms with van der Waals surface area (Å²) < 4.78 is 4.92. The molecule has 1 fully saturated rings. The van der Waals surface area contributed by atoms with Gasteiger partial charge in [-0.3, -0.25) is 4.79 Å². The first-order valence-corrected chi connectivity index (χ1v) is 6.73. The molecule has 100 valence electrons. The highest BCUT2D eigenvalue weighted by Crippen LogP contribution is 2.27. The van der Waals surface area contributed by atoms with Crippen molar-refractivity contribution in [3.63, 3.8) is 0 Å². The quantitative estimate of drug-likeness (QED) is 0.631. The largest absolute Gasteiger partial charge is 0.385 e. The van der Waals surface area contributed by atoms with Gasteiger partial charge < -0.3 is 15.4 Å². The average Bonchev–Trinajstić information content (AvgIpc) is 2.85. The zero-order chi connectivity index (χ0) is 12.5. The highest BCUT2D eigenvalue weighted by Gasteiger charge is 2.21. The van der Waals surface area contributed by atoms with E-state index in [2.05, 4.69) is 17.6 Å². The van der Waals surface area contributed by atoms with E-state index in [1.54, 1.807) is 7.11 Å². The monoisotopic (exact) mass is 242 g/mol. The summed E-state index contributed by atoms with van der Waals surface area (Å²) in [5.74, 6) is 0.849. The van der Waals surface area contributed by atoms with Gasteiger partial charge in [-0.2, -0.15) is 0 Å². The van der Waals surface area contributed by atoms with Gasteiger partial charge in [-0.25, -0.2) is 0 Å². The minimum absolute atomic E-state index is 0.0888. The Bertz CT molecular complexity index is 215. The molecule has 0 aromatic rings. The van der Waals surface area contributed by atoms with Crippen molar-refractivity contribution in [2.75, 3.05) is 26.8 Å². The Labute approximate surface area is 104 Å². The molecular formula is C13H26N2O2. The fourth-order valence-corrected chi connectivity index (χ4v) is 2.38. The summed E-state index contributed by atoms with van der Waals surface area (Å²) in [5.41, 5.74) is 0. The lowest BCUT2D eigenvalue weighted by molar-refractivity contribution is -0.120. The van der Waals surface area contributed by atoms with Crippen molar-refractivity contribution in [2.24, 2.45) is 5.92 Å². The van der Waals surface area contributed by atoms with Gasteiger partial charge in [0.2, 0.25) is 5.91 Å². The molecular weight excluding hydrogens is 216 g/mol. The summed E-state index contributed by atoms with van der Waals surface area (Å²) >= 11 is 0. The molecule has 1 unspecified atom stereocenters. The fourth-order valence-electron chi connectivity index (χ4n) is 2.38. The van der Waals surface area contributed by atoms with Gasteiger partial charge in [0, 0.05) is 26.3 Å². The predicted molar refractivity (Wildman–Crippen MR) is 68.9 cm³/mol. The van der Waals surface area contributed by atoms with Gasteiger partial charge in [-0.05, 0) is 32.1 Å². The van der Waals surface area contributed by atoms with Crippen molar-refractivity contribution in [2.45, 2.75) is 45.1 Å². The number of ether oxygens (including phenoxy) is 1. The molecule has 4 nitrogen and oxygen atoms in total. The Morgan fingerprint density at radius 2 is 2.12 bits per heavy atom. The topological polar surface area (TPSA) is 50.4 Å². The molecule has 1 rings (SSSR count). The van der Waals surface area contributed by atoms with Crippen LogP contribution >= 0.6 is 0 Å². The van der Waals surface area contributed by atoms with Crippen LogP contribution < -0.4 is 10.6 Å². The molecule has 0 bridgehead atoms. The van der Waals surface area contributed by atoms with Crippen LogP contribution in [0.4, 0.5) is 0 Å². The Morgan fingerprint density at radius 1 is 1.41 bits per heavy atom. The van der Waals surface area contributed by atoms with Crippen molar-refractivity contribution in [1.82, 2.24) is 10.6 Å². The number of carbonyl (C=O) groups excluding carboxylic acids is 1. The van der Waals surface area contributed by atoms with E-state index < -0.39 is 0 Å². The van der Waals surface area contributed by atoms with Gasteiger partial charge >= 0.3 is 0 Å². The van der Waals surface area contributed by atoms with E-state index in [0.29, 0.717) is 25.7 Å². The Kier molecular flexibility index (Phi) is 7.21. The molecule has 1 aliphatic carbocycles. The first kappa shape index (κ1) is 14.5. The lowest BCUT2D eigenvalue weighted by atomic mass is 10.00. The number of rotatable bonds is 8. The fraction of sp³-hybridized carbons (Fsp3) is 0.923. The molecule has 0 heterocycles. The smallest absolute Gasteiger partial charge is 0.233 e. The van der Waals surface area contributed by atoms with Crippen molar-refractivity contribution >= 4 is 5.91 Å². The van der Waals surface area contributed by atoms with Crippen molar-refractivity contribution in [3.8, 4) is 0 Å². The number of methoxy groups -OCH3 is 1. The lowest BCUT2D eigenvalue weighted by Crippen LogP contribution is -2.41. The number of hydrogen-bond donors (Lipinski definition) is 2. The van der Waals surface area contributed by atoms with Gasteiger partial charge in [0.15, 0.2) is 0 Å². The third-order valence-electron chi connectivity index (χ3n) is 3.54. The summed E-state index contributed by atoms with van der Waals surface area (Å²) in [6.45, 7) is 4.02. The number of hydrogen-bond acceptors (Lipinski definition) is 3. The summed E-state index contributed by atoms with van der Waals surface area (Å²) in [4.78, 5) is 11.5. The molecule has 0 aromatic carbocycles. The molecule has 0 saturated heterocycles. The standard InChI is InChI=1S/C13H26N2O2/c1-11(12-6-3-4-7-12)15-10-13(16)14-8-5-9-17-2/h11-12,15H,3-10H2,1-2H3,(H,14,16). The normalized spacial score (nSPS) is 18.2. The van der Waals surface area contributed by atoms with Crippen LogP contribution in [0.3, 0.4) is 0 Å². The zero-order valence-electron chi connectivity index (χ0n) is 11.1. The van der Waals surface area contributed by atoms with E-state index >= 15 is 0 Å². The number of amides is 1. The molecule has 0 radical (unpaired) electrons. The van der Waals surface area contributed by atoms with Gasteiger partial charge in [0.25, 0.3) is 0 Å². The molecule has 0 aromatic heterocycles. The van der Waals surface area contributed by atoms with Gasteiger partial charge in [-0.1, -0.05) is 12.8 Å². The van der Waals surface area contributed by atoms with Crippen LogP contribution in [-0.4, -0.2) is 38.8 Å². The summed E-state index contributed by atoms with van der Waals surface area (Å²) in [5, 5.41) is 6.20. The first-order valence-electron chi connectivity index (χ1n) is 6.73. The van der Waals surface area contributed by atoms with Gasteiger partial charge in [0.05, 0.1) is 6.54 Å². The molecule has 0 spiro atoms. The van der Waals surface area contributed by atoms with Crippen LogP contribution in [-0.2, 0) is 9.53 Å². The first-order chi connectivity index (χ1) is 8.24. The Balaban J connectivity index is 2.02. The Hall–Kier alpha value is -0.610. The SMILES string of the molecule is COCCCNC(=O)CNC(C)C1CCCC1. The number of nitrogens with one attached hydrogen (secondary N) is 2. The molecule has 17 heavy (non-hydrogen) atoms. The molecule has 1 atom stereocenters. The third-order valence-corrected chi connectivity index (χ3v) is 3.54. The van der Waals surface area contributed by atoms with Crippen molar-refractivity contribution < 1.29 is 9.53 Å². The van der Waals surface area contributed by atoms with Crippen LogP contribution in [0.5, 0.6) is 0 Å². The van der Waals surface area contributed by atoms with Crippen LogP contribution in [0.15, 0.2) is 0 Å². The third kappa shape index (κ3) is 6.03. The Morgan fingerprint density at radius 3 is 2.76 bits per heavy atom. The second-order valence-corrected chi connectivity index (χ2v) is 4.91. The maximum absolute atomic E-state index is 11.5. The van der Waals surface area contributed by atoms with Crippen molar-refractivity contribution in [1.29, 1.82) is 0 Å². The molecule has 4 heteroatoms. The highest BCUT2D eigenvalue weighted by atomic mass is 16.5. The highest BCUT2D eigenvalue weighted by molar-refractivity contribution is 5.77. The molecule has 2 N–H and O–H groups in total.